The molecule has 3 atom stereocenters. The van der Waals surface area contributed by atoms with Gasteiger partial charge in [0.15, 0.2) is 0 Å². The molecule has 0 aliphatic heterocycles. The zero-order valence-corrected chi connectivity index (χ0v) is 54.4. The molecule has 0 radical (unpaired) electrons. The number of rotatable bonds is 60. The highest BCUT2D eigenvalue weighted by Crippen LogP contribution is 2.43. The van der Waals surface area contributed by atoms with Crippen LogP contribution in [0.4, 0.5) is 0 Å². The summed E-state index contributed by atoms with van der Waals surface area (Å²) in [5.41, 5.74) is 0. The lowest BCUT2D eigenvalue weighted by atomic mass is 10.0. The van der Waals surface area contributed by atoms with Crippen molar-refractivity contribution in [1.82, 2.24) is 5.32 Å². The van der Waals surface area contributed by atoms with E-state index < -0.39 is 20.0 Å². The van der Waals surface area contributed by atoms with Gasteiger partial charge in [-0.3, -0.25) is 18.6 Å². The molecule has 0 spiro atoms. The SMILES string of the molecule is CC/C=C\C/C=C\C/C=C\C/C=C\C/C=C\CCCCCCCC(=O)NC(COP(=O)(O)OCC[N+](C)(C)C)C(/C=C/CCCCCCCCCCCCC)OC(=O)CCCCCCCCCCCCC/C=C\C/C=C\CCCCC. The van der Waals surface area contributed by atoms with Crippen molar-refractivity contribution < 1.29 is 37.3 Å². The number of quaternary nitrogens is 1. The summed E-state index contributed by atoms with van der Waals surface area (Å²) < 4.78 is 30.8. The fraction of sp³-hybridized carbons (Fsp3) is 0.746. The Balaban J connectivity index is 5.24. The summed E-state index contributed by atoms with van der Waals surface area (Å²) in [6.45, 7) is 6.87. The van der Waals surface area contributed by atoms with E-state index in [1.54, 1.807) is 0 Å². The van der Waals surface area contributed by atoms with Gasteiger partial charge in [-0.1, -0.05) is 266 Å². The lowest BCUT2D eigenvalue weighted by molar-refractivity contribution is -0.870. The first-order chi connectivity index (χ1) is 39.4. The Kier molecular flexibility index (Phi) is 57.8. The van der Waals surface area contributed by atoms with Gasteiger partial charge in [0.2, 0.25) is 5.91 Å². The third-order valence-corrected chi connectivity index (χ3v) is 15.5. The number of phosphoric ester groups is 1. The largest absolute Gasteiger partial charge is 0.472 e. The van der Waals surface area contributed by atoms with E-state index in [9.17, 15) is 19.0 Å². The van der Waals surface area contributed by atoms with E-state index >= 15 is 0 Å². The van der Waals surface area contributed by atoms with Crippen LogP contribution in [0.15, 0.2) is 97.2 Å². The smallest absolute Gasteiger partial charge is 0.456 e. The van der Waals surface area contributed by atoms with Crippen LogP contribution in [0.5, 0.6) is 0 Å². The van der Waals surface area contributed by atoms with Crippen molar-refractivity contribution in [2.45, 2.75) is 303 Å². The van der Waals surface area contributed by atoms with Crippen molar-refractivity contribution >= 4 is 19.7 Å². The molecule has 0 saturated carbocycles. The van der Waals surface area contributed by atoms with Crippen LogP contribution in [0.1, 0.15) is 290 Å². The summed E-state index contributed by atoms with van der Waals surface area (Å²) in [5.74, 6) is -0.527. The highest BCUT2D eigenvalue weighted by atomic mass is 31.2. The first-order valence-corrected chi connectivity index (χ1v) is 35.1. The number of hydrogen-bond donors (Lipinski definition) is 2. The second-order valence-corrected chi connectivity index (χ2v) is 25.1. The molecule has 0 bridgehead atoms. The molecule has 468 valence electrons. The number of nitrogens with zero attached hydrogens (tertiary/aromatic N) is 1. The van der Waals surface area contributed by atoms with Crippen LogP contribution in [0.25, 0.3) is 0 Å². The first-order valence-electron chi connectivity index (χ1n) is 33.6. The van der Waals surface area contributed by atoms with Crippen LogP contribution >= 0.6 is 7.82 Å². The van der Waals surface area contributed by atoms with Crippen LogP contribution < -0.4 is 5.32 Å². The molecule has 0 aromatic rings. The number of likely N-dealkylation sites (N-methyl/N-ethyl adjacent to an activating group) is 1. The minimum atomic E-state index is -4.46. The Morgan fingerprint density at radius 1 is 0.444 bits per heavy atom. The van der Waals surface area contributed by atoms with Crippen LogP contribution in [0.2, 0.25) is 0 Å². The van der Waals surface area contributed by atoms with E-state index in [0.717, 1.165) is 116 Å². The predicted molar refractivity (Wildman–Crippen MR) is 350 cm³/mol. The lowest BCUT2D eigenvalue weighted by Crippen LogP contribution is -2.47. The van der Waals surface area contributed by atoms with Crippen molar-refractivity contribution in [2.24, 2.45) is 0 Å². The number of hydrogen-bond acceptors (Lipinski definition) is 6. The number of esters is 1. The fourth-order valence-electron chi connectivity index (χ4n) is 9.35. The van der Waals surface area contributed by atoms with Gasteiger partial charge in [0.25, 0.3) is 0 Å². The Morgan fingerprint density at radius 2 is 0.790 bits per heavy atom. The molecule has 0 aromatic heterocycles. The fourth-order valence-corrected chi connectivity index (χ4v) is 10.1. The molecule has 81 heavy (non-hydrogen) atoms. The molecule has 3 unspecified atom stereocenters. The van der Waals surface area contributed by atoms with E-state index in [0.29, 0.717) is 17.4 Å². The average molecular weight is 1150 g/mol. The van der Waals surface area contributed by atoms with E-state index in [4.69, 9.17) is 13.8 Å². The molecule has 0 heterocycles. The highest BCUT2D eigenvalue weighted by molar-refractivity contribution is 7.47. The maximum absolute atomic E-state index is 13.6. The minimum Gasteiger partial charge on any atom is -0.456 e. The first kappa shape index (κ1) is 77.9. The van der Waals surface area contributed by atoms with Crippen molar-refractivity contribution in [3.05, 3.63) is 97.2 Å². The quantitative estimate of drug-likeness (QED) is 0.0205. The van der Waals surface area contributed by atoms with Crippen molar-refractivity contribution in [2.75, 3.05) is 40.9 Å². The summed E-state index contributed by atoms with van der Waals surface area (Å²) >= 11 is 0. The molecule has 0 aliphatic carbocycles. The van der Waals surface area contributed by atoms with Gasteiger partial charge in [0.1, 0.15) is 19.3 Å². The van der Waals surface area contributed by atoms with E-state index in [2.05, 4.69) is 111 Å². The maximum atomic E-state index is 13.6. The van der Waals surface area contributed by atoms with Crippen LogP contribution in [-0.2, 0) is 27.9 Å². The number of unbranched alkanes of at least 4 members (excludes halogenated alkanes) is 30. The van der Waals surface area contributed by atoms with Crippen molar-refractivity contribution in [1.29, 1.82) is 0 Å². The predicted octanol–water partition coefficient (Wildman–Crippen LogP) is 21.1. The Hall–Kier alpha value is -3.07. The minimum absolute atomic E-state index is 0.0319. The molecule has 1 amide bonds. The zero-order valence-electron chi connectivity index (χ0n) is 53.5. The number of carbonyl (C=O) groups is 2. The second kappa shape index (κ2) is 60.1. The van der Waals surface area contributed by atoms with Crippen molar-refractivity contribution in [3.8, 4) is 0 Å². The Bertz CT molecular complexity index is 1710. The Morgan fingerprint density at radius 3 is 1.21 bits per heavy atom. The average Bonchev–Trinajstić information content (AvgIpc) is 3.44. The number of amides is 1. The topological polar surface area (TPSA) is 111 Å². The monoisotopic (exact) mass is 1150 g/mol. The molecule has 0 saturated heterocycles. The lowest BCUT2D eigenvalue weighted by Gasteiger charge is -2.27. The summed E-state index contributed by atoms with van der Waals surface area (Å²) in [6, 6.07) is -0.866. The van der Waals surface area contributed by atoms with E-state index in [1.807, 2.05) is 33.3 Å². The number of phosphoric acid groups is 1. The maximum Gasteiger partial charge on any atom is 0.472 e. The van der Waals surface area contributed by atoms with Crippen LogP contribution in [0, 0.1) is 0 Å². The molecular formula is C71H128N2O7P+. The Labute approximate surface area is 500 Å². The molecule has 9 nitrogen and oxygen atoms in total. The van der Waals surface area contributed by atoms with Gasteiger partial charge in [0.05, 0.1) is 33.8 Å². The molecule has 0 fully saturated rings. The zero-order chi connectivity index (χ0) is 59.3. The van der Waals surface area contributed by atoms with Crippen LogP contribution in [0.3, 0.4) is 0 Å². The highest BCUT2D eigenvalue weighted by Gasteiger charge is 2.30. The molecule has 2 N–H and O–H groups in total. The van der Waals surface area contributed by atoms with Crippen molar-refractivity contribution in [3.63, 3.8) is 0 Å². The standard InChI is InChI=1S/C71H127N2O7P/c1-7-10-13-16-19-22-25-28-30-32-34-36-38-40-42-45-48-51-54-57-60-63-70(74)72-68(67-79-81(76,77)78-66-65-73(4,5)6)69(62-59-56-53-50-47-44-27-24-21-18-15-12-9-3)80-71(75)64-61-58-55-52-49-46-43-41-39-37-35-33-31-29-26-23-20-17-14-11-8-2/h10,13,19-20,22-23,28-31,34,36,40,42,59,62,68-69H,7-9,11-12,14-18,21,24-27,32-33,35,37-39,41,43-58,60-61,63-67H2,1-6H3,(H-,72,74,76,77)/p+1/b13-10-,22-19-,23-20-,30-28-,31-29-,36-34-,42-40-,62-59+. The van der Waals surface area contributed by atoms with Gasteiger partial charge in [-0.15, -0.1) is 0 Å². The van der Waals surface area contributed by atoms with Crippen LogP contribution in [-0.4, -0.2) is 74.3 Å². The van der Waals surface area contributed by atoms with Gasteiger partial charge in [0, 0.05) is 12.8 Å². The number of nitrogens with one attached hydrogen (secondary N) is 1. The van der Waals surface area contributed by atoms with Gasteiger partial charge in [-0.05, 0) is 109 Å². The van der Waals surface area contributed by atoms with E-state index in [-0.39, 0.29) is 31.5 Å². The number of ether oxygens (including phenoxy) is 1. The van der Waals surface area contributed by atoms with Gasteiger partial charge in [-0.2, -0.15) is 0 Å². The molecule has 0 aliphatic rings. The normalized spacial score (nSPS) is 14.2. The summed E-state index contributed by atoms with van der Waals surface area (Å²) in [7, 11) is 1.47. The van der Waals surface area contributed by atoms with Gasteiger partial charge < -0.3 is 19.4 Å². The third-order valence-electron chi connectivity index (χ3n) is 14.5. The summed E-state index contributed by atoms with van der Waals surface area (Å²) in [5, 5.41) is 3.06. The number of carbonyl (C=O) groups excluding carboxylic acids is 2. The second-order valence-electron chi connectivity index (χ2n) is 23.6. The molecule has 0 rings (SSSR count). The number of allylic oxidation sites excluding steroid dienone is 15. The summed E-state index contributed by atoms with van der Waals surface area (Å²) in [6.07, 6.45) is 81.2. The van der Waals surface area contributed by atoms with E-state index in [1.165, 1.54) is 141 Å². The molecular weight excluding hydrogens is 1020 g/mol. The molecule has 0 aromatic carbocycles. The molecule has 10 heteroatoms. The van der Waals surface area contributed by atoms with Gasteiger partial charge >= 0.3 is 13.8 Å². The third kappa shape index (κ3) is 61.3. The van der Waals surface area contributed by atoms with Gasteiger partial charge in [-0.25, -0.2) is 4.57 Å². The summed E-state index contributed by atoms with van der Waals surface area (Å²) in [4.78, 5) is 37.9.